The lowest BCUT2D eigenvalue weighted by Crippen LogP contribution is -2.59. The molecule has 0 aliphatic carbocycles. The number of esters is 1. The maximum Gasteiger partial charge on any atom is 0.359 e. The zero-order valence-corrected chi connectivity index (χ0v) is 17.6. The molecule has 28 heavy (non-hydrogen) atoms. The summed E-state index contributed by atoms with van der Waals surface area (Å²) in [4.78, 5) is 11.0. The fourth-order valence-corrected chi connectivity index (χ4v) is 5.66. The largest absolute Gasteiger partial charge is 0.463 e. The van der Waals surface area contributed by atoms with Crippen LogP contribution in [0.5, 0.6) is 0 Å². The van der Waals surface area contributed by atoms with Crippen LogP contribution in [0.2, 0.25) is 5.02 Å². The van der Waals surface area contributed by atoms with E-state index >= 15 is 0 Å². The highest BCUT2D eigenvalue weighted by Crippen LogP contribution is 2.36. The lowest BCUT2D eigenvalue weighted by molar-refractivity contribution is -0.147. The molecule has 6 nitrogen and oxygen atoms in total. The molecule has 0 aromatic heterocycles. The predicted octanol–water partition coefficient (Wildman–Crippen LogP) is 3.48. The molecule has 0 saturated heterocycles. The van der Waals surface area contributed by atoms with Gasteiger partial charge in [0, 0.05) is 5.02 Å². The molecule has 0 saturated carbocycles. The number of rotatable bonds is 6. The molecule has 0 spiro atoms. The van der Waals surface area contributed by atoms with Crippen LogP contribution in [-0.2, 0) is 19.6 Å². The van der Waals surface area contributed by atoms with E-state index < -0.39 is 21.0 Å². The van der Waals surface area contributed by atoms with Crippen LogP contribution in [0.3, 0.4) is 0 Å². The first-order chi connectivity index (χ1) is 13.3. The van der Waals surface area contributed by atoms with Gasteiger partial charge in [-0.05, 0) is 42.5 Å². The minimum absolute atomic E-state index is 0.000709. The van der Waals surface area contributed by atoms with E-state index in [4.69, 9.17) is 16.3 Å². The minimum Gasteiger partial charge on any atom is -0.463 e. The van der Waals surface area contributed by atoms with Crippen molar-refractivity contribution in [3.8, 4) is 0 Å². The van der Waals surface area contributed by atoms with Crippen molar-refractivity contribution in [3.05, 3.63) is 70.1 Å². The van der Waals surface area contributed by atoms with E-state index in [0.29, 0.717) is 16.3 Å². The quantitative estimate of drug-likeness (QED) is 0.672. The third-order valence-electron chi connectivity index (χ3n) is 4.10. The smallest absolute Gasteiger partial charge is 0.359 e. The monoisotopic (exact) mass is 438 g/mol. The summed E-state index contributed by atoms with van der Waals surface area (Å²) >= 11 is 7.07. The number of hydrogen-bond donors (Lipinski definition) is 2. The van der Waals surface area contributed by atoms with Crippen LogP contribution in [-0.4, -0.2) is 26.0 Å². The molecule has 1 heterocycles. The zero-order chi connectivity index (χ0) is 20.4. The van der Waals surface area contributed by atoms with Crippen molar-refractivity contribution in [3.63, 3.8) is 0 Å². The lowest BCUT2D eigenvalue weighted by atomic mass is 10.2. The molecule has 1 unspecified atom stereocenters. The molecule has 0 fully saturated rings. The maximum atomic E-state index is 13.1. The topological polar surface area (TPSA) is 84.5 Å². The van der Waals surface area contributed by atoms with E-state index in [1.807, 2.05) is 30.3 Å². The molecule has 9 heteroatoms. The van der Waals surface area contributed by atoms with Gasteiger partial charge in [0.2, 0.25) is 10.0 Å². The first-order valence-corrected chi connectivity index (χ1v) is 11.2. The highest BCUT2D eigenvalue weighted by atomic mass is 35.5. The van der Waals surface area contributed by atoms with Gasteiger partial charge in [-0.2, -0.15) is 4.72 Å². The summed E-state index contributed by atoms with van der Waals surface area (Å²) in [5.41, 5.74) is 1.83. The second-order valence-corrected chi connectivity index (χ2v) is 9.15. The molecule has 2 aromatic carbocycles. The lowest BCUT2D eigenvalue weighted by Gasteiger charge is -2.28. The number of thioether (sulfide) groups is 1. The maximum absolute atomic E-state index is 13.1. The fraction of sp³-hybridized carbons (Fsp3) is 0.211. The van der Waals surface area contributed by atoms with E-state index in [-0.39, 0.29) is 11.5 Å². The van der Waals surface area contributed by atoms with Gasteiger partial charge in [0.25, 0.3) is 4.99 Å². The van der Waals surface area contributed by atoms with Crippen molar-refractivity contribution < 1.29 is 17.9 Å². The van der Waals surface area contributed by atoms with Crippen LogP contribution in [0, 0.1) is 6.92 Å². The summed E-state index contributed by atoms with van der Waals surface area (Å²) in [5, 5.41) is 5.01. The van der Waals surface area contributed by atoms with E-state index in [2.05, 4.69) is 10.0 Å². The van der Waals surface area contributed by atoms with E-state index in [1.165, 1.54) is 6.07 Å². The predicted molar refractivity (Wildman–Crippen MR) is 111 cm³/mol. The first-order valence-electron chi connectivity index (χ1n) is 8.47. The van der Waals surface area contributed by atoms with Crippen molar-refractivity contribution in [1.82, 2.24) is 10.0 Å². The first kappa shape index (κ1) is 20.7. The summed E-state index contributed by atoms with van der Waals surface area (Å²) < 4.78 is 33.7. The third kappa shape index (κ3) is 4.05. The number of hydrogen-bond acceptors (Lipinski definition) is 6. The molecule has 2 N–H and O–H groups in total. The highest BCUT2D eigenvalue weighted by Gasteiger charge is 2.48. The number of sulfonamides is 1. The number of nitrogens with one attached hydrogen (secondary N) is 2. The third-order valence-corrected chi connectivity index (χ3v) is 7.31. The molecule has 2 aromatic rings. The summed E-state index contributed by atoms with van der Waals surface area (Å²) in [6, 6.07) is 13.9. The molecular formula is C19H19ClN2O4S2. The minimum atomic E-state index is -4.08. The normalized spacial score (nSPS) is 19.0. The number of carbonyl (C=O) groups excluding carboxylic acids is 1. The molecule has 1 aliphatic heterocycles. The van der Waals surface area contributed by atoms with Crippen LogP contribution in [0.25, 0.3) is 5.70 Å². The summed E-state index contributed by atoms with van der Waals surface area (Å²) in [6.07, 6.45) is 0. The number of benzene rings is 2. The molecule has 0 radical (unpaired) electrons. The Labute approximate surface area is 173 Å². The van der Waals surface area contributed by atoms with E-state index in [1.54, 1.807) is 31.4 Å². The SMILES string of the molecule is CCOC(=O)C1(NS(=O)(=O)c2cccc(Cl)c2C)NC(c2ccccc2)=CS1. The Kier molecular flexibility index (Phi) is 6.04. The van der Waals surface area contributed by atoms with Gasteiger partial charge < -0.3 is 10.1 Å². The van der Waals surface area contributed by atoms with Crippen molar-refractivity contribution >= 4 is 45.1 Å². The van der Waals surface area contributed by atoms with Gasteiger partial charge in [-0.1, -0.05) is 59.8 Å². The van der Waals surface area contributed by atoms with Crippen molar-refractivity contribution in [1.29, 1.82) is 0 Å². The standard InChI is InChI=1S/C19H19ClN2O4S2/c1-3-26-18(23)19(21-16(12-27-19)14-8-5-4-6-9-14)22-28(24,25)17-11-7-10-15(20)13(17)2/h4-12,21-22H,3H2,1-2H3. The highest BCUT2D eigenvalue weighted by molar-refractivity contribution is 8.05. The van der Waals surface area contributed by atoms with Crippen LogP contribution in [0.1, 0.15) is 18.1 Å². The molecule has 3 rings (SSSR count). The molecule has 1 aliphatic rings. The van der Waals surface area contributed by atoms with Crippen molar-refractivity contribution in [2.45, 2.75) is 23.7 Å². The van der Waals surface area contributed by atoms with Crippen molar-refractivity contribution in [2.75, 3.05) is 6.61 Å². The second kappa shape index (κ2) is 8.16. The average molecular weight is 439 g/mol. The Morgan fingerprint density at radius 1 is 1.21 bits per heavy atom. The second-order valence-electron chi connectivity index (χ2n) is 6.01. The van der Waals surface area contributed by atoms with Crippen LogP contribution < -0.4 is 10.0 Å². The van der Waals surface area contributed by atoms with Gasteiger partial charge in [0.05, 0.1) is 17.2 Å². The summed E-state index contributed by atoms with van der Waals surface area (Å²) in [5.74, 6) is -0.731. The van der Waals surface area contributed by atoms with Gasteiger partial charge in [-0.15, -0.1) is 0 Å². The molecular weight excluding hydrogens is 420 g/mol. The van der Waals surface area contributed by atoms with Gasteiger partial charge in [0.1, 0.15) is 0 Å². The Morgan fingerprint density at radius 3 is 2.61 bits per heavy atom. The molecule has 148 valence electrons. The molecule has 1 atom stereocenters. The Bertz CT molecular complexity index is 1030. The van der Waals surface area contributed by atoms with E-state index in [0.717, 1.165) is 17.3 Å². The number of ether oxygens (including phenoxy) is 1. The zero-order valence-electron chi connectivity index (χ0n) is 15.2. The fourth-order valence-electron chi connectivity index (χ4n) is 2.70. The summed E-state index contributed by atoms with van der Waals surface area (Å²) in [7, 11) is -4.08. The average Bonchev–Trinajstić information content (AvgIpc) is 3.09. The molecule has 0 bridgehead atoms. The van der Waals surface area contributed by atoms with Crippen molar-refractivity contribution in [2.24, 2.45) is 0 Å². The van der Waals surface area contributed by atoms with E-state index in [9.17, 15) is 13.2 Å². The Hall–Kier alpha value is -2.00. The van der Waals surface area contributed by atoms with Gasteiger partial charge >= 0.3 is 5.97 Å². The molecule has 0 amide bonds. The summed E-state index contributed by atoms with van der Waals surface area (Å²) in [6.45, 7) is 3.38. The van der Waals surface area contributed by atoms with Gasteiger partial charge in [0.15, 0.2) is 0 Å². The van der Waals surface area contributed by atoms with Gasteiger partial charge in [-0.3, -0.25) is 0 Å². The van der Waals surface area contributed by atoms with Gasteiger partial charge in [-0.25, -0.2) is 13.2 Å². The van der Waals surface area contributed by atoms with Crippen LogP contribution in [0.15, 0.2) is 58.8 Å². The Balaban J connectivity index is 1.96. The van der Waals surface area contributed by atoms with Crippen LogP contribution >= 0.6 is 23.4 Å². The number of carbonyl (C=O) groups is 1. The Morgan fingerprint density at radius 2 is 1.93 bits per heavy atom. The number of halogens is 1. The van der Waals surface area contributed by atoms with Crippen LogP contribution in [0.4, 0.5) is 0 Å².